The number of amides is 4. The van der Waals surface area contributed by atoms with Gasteiger partial charge in [0.25, 0.3) is 11.8 Å². The van der Waals surface area contributed by atoms with Crippen LogP contribution in [0.15, 0.2) is 18.0 Å². The molecular formula is C23H26F2N8O3. The van der Waals surface area contributed by atoms with Crippen LogP contribution >= 0.6 is 0 Å². The molecular weight excluding hydrogens is 474 g/mol. The lowest BCUT2D eigenvalue weighted by Gasteiger charge is -2.30. The van der Waals surface area contributed by atoms with Gasteiger partial charge in [-0.2, -0.15) is 9.61 Å². The van der Waals surface area contributed by atoms with E-state index in [0.29, 0.717) is 35.9 Å². The summed E-state index contributed by atoms with van der Waals surface area (Å²) in [6, 6.07) is 1.69. The average molecular weight is 501 g/mol. The Morgan fingerprint density at radius 1 is 1.06 bits per heavy atom. The van der Waals surface area contributed by atoms with Crippen LogP contribution in [0.5, 0.6) is 0 Å². The van der Waals surface area contributed by atoms with Gasteiger partial charge >= 0.3 is 6.03 Å². The number of anilines is 2. The zero-order chi connectivity index (χ0) is 25.0. The molecule has 13 heteroatoms. The van der Waals surface area contributed by atoms with Gasteiger partial charge in [0, 0.05) is 36.2 Å². The van der Waals surface area contributed by atoms with Crippen molar-refractivity contribution in [1.82, 2.24) is 30.5 Å². The minimum atomic E-state index is -2.85. The number of nitrogens with one attached hydrogen (secondary N) is 5. The van der Waals surface area contributed by atoms with Crippen molar-refractivity contribution in [3.63, 3.8) is 0 Å². The smallest absolute Gasteiger partial charge is 0.326 e. The van der Waals surface area contributed by atoms with Gasteiger partial charge in [-0.3, -0.25) is 14.9 Å². The Labute approximate surface area is 204 Å². The van der Waals surface area contributed by atoms with Crippen molar-refractivity contribution in [1.29, 1.82) is 0 Å². The van der Waals surface area contributed by atoms with Gasteiger partial charge in [0.1, 0.15) is 23.3 Å². The molecule has 4 amide bonds. The van der Waals surface area contributed by atoms with Crippen LogP contribution in [-0.2, 0) is 9.59 Å². The van der Waals surface area contributed by atoms with E-state index in [0.717, 1.165) is 31.5 Å². The third-order valence-corrected chi connectivity index (χ3v) is 7.02. The fourth-order valence-corrected chi connectivity index (χ4v) is 4.72. The first-order valence-electron chi connectivity index (χ1n) is 12.2. The van der Waals surface area contributed by atoms with Gasteiger partial charge in [-0.1, -0.05) is 0 Å². The first-order chi connectivity index (χ1) is 17.2. The molecule has 11 nitrogen and oxygen atoms in total. The summed E-state index contributed by atoms with van der Waals surface area (Å²) in [5, 5.41) is 18.8. The Kier molecular flexibility index (Phi) is 5.30. The zero-order valence-corrected chi connectivity index (χ0v) is 19.3. The predicted molar refractivity (Wildman–Crippen MR) is 125 cm³/mol. The number of halogens is 2. The van der Waals surface area contributed by atoms with E-state index in [1.165, 1.54) is 6.08 Å². The summed E-state index contributed by atoms with van der Waals surface area (Å²) in [5.41, 5.74) is 1.22. The van der Waals surface area contributed by atoms with E-state index in [2.05, 4.69) is 31.7 Å². The molecule has 4 fully saturated rings. The molecule has 2 aromatic rings. The lowest BCUT2D eigenvalue weighted by atomic mass is 9.91. The van der Waals surface area contributed by atoms with E-state index in [9.17, 15) is 23.2 Å². The Hall–Kier alpha value is -3.77. The standard InChI is InChI=1S/C23H26F2N8O3/c24-23(25)9-15(23)20(34)29-14-5-1-12(2-6-14)27-17-8-18(28-13-3-4-13)33-19(31-17)11(10-26-33)7-16-21(35)32-22(36)30-16/h7-8,10,12-15,28H,1-6,9H2,(H,27,31)(H,29,34)(H2,30,32,35,36)/b16-7-/t12-,14-,15?. The van der Waals surface area contributed by atoms with Gasteiger partial charge in [-0.25, -0.2) is 18.6 Å². The minimum absolute atomic E-state index is 0.102. The highest BCUT2D eigenvalue weighted by Crippen LogP contribution is 2.48. The molecule has 3 aliphatic carbocycles. The van der Waals surface area contributed by atoms with Gasteiger partial charge in [-0.05, 0) is 44.6 Å². The maximum Gasteiger partial charge on any atom is 0.326 e. The van der Waals surface area contributed by atoms with Crippen molar-refractivity contribution in [3.05, 3.63) is 23.5 Å². The SMILES string of the molecule is O=C1NC(=O)/C(=C/c2cnn3c(NC4CC4)cc(N[C@H]4CC[C@H](NC(=O)C5CC5(F)F)CC4)nc23)N1. The molecule has 4 aliphatic rings. The number of carbonyl (C=O) groups is 3. The number of alkyl halides is 2. The highest BCUT2D eigenvalue weighted by Gasteiger charge is 2.61. The Morgan fingerprint density at radius 2 is 1.72 bits per heavy atom. The lowest BCUT2D eigenvalue weighted by molar-refractivity contribution is -0.125. The summed E-state index contributed by atoms with van der Waals surface area (Å²) in [6.45, 7) is 0. The predicted octanol–water partition coefficient (Wildman–Crippen LogP) is 1.98. The van der Waals surface area contributed by atoms with Crippen LogP contribution in [0.3, 0.4) is 0 Å². The second kappa shape index (κ2) is 8.42. The molecule has 5 N–H and O–H groups in total. The van der Waals surface area contributed by atoms with Crippen molar-refractivity contribution in [3.8, 4) is 0 Å². The van der Waals surface area contributed by atoms with E-state index in [1.807, 2.05) is 6.07 Å². The summed E-state index contributed by atoms with van der Waals surface area (Å²) >= 11 is 0. The molecule has 6 rings (SSSR count). The number of aromatic nitrogens is 3. The molecule has 0 bridgehead atoms. The fraction of sp³-hybridized carbons (Fsp3) is 0.522. The first-order valence-corrected chi connectivity index (χ1v) is 12.2. The largest absolute Gasteiger partial charge is 0.367 e. The van der Waals surface area contributed by atoms with Crippen LogP contribution in [0, 0.1) is 5.92 Å². The van der Waals surface area contributed by atoms with Gasteiger partial charge in [-0.15, -0.1) is 0 Å². The average Bonchev–Trinajstić information content (AvgIpc) is 3.68. The van der Waals surface area contributed by atoms with Crippen molar-refractivity contribution in [2.75, 3.05) is 10.6 Å². The van der Waals surface area contributed by atoms with Crippen LogP contribution in [0.4, 0.5) is 25.2 Å². The van der Waals surface area contributed by atoms with Crippen molar-refractivity contribution < 1.29 is 23.2 Å². The molecule has 36 heavy (non-hydrogen) atoms. The van der Waals surface area contributed by atoms with Crippen LogP contribution in [-0.4, -0.2) is 56.5 Å². The molecule has 0 aromatic carbocycles. The molecule has 190 valence electrons. The Bertz CT molecular complexity index is 1280. The Balaban J connectivity index is 1.17. The highest BCUT2D eigenvalue weighted by atomic mass is 19.3. The number of rotatable bonds is 7. The van der Waals surface area contributed by atoms with Crippen LogP contribution < -0.4 is 26.6 Å². The van der Waals surface area contributed by atoms with Crippen LogP contribution in [0.1, 0.15) is 50.5 Å². The lowest BCUT2D eigenvalue weighted by Crippen LogP contribution is -2.41. The van der Waals surface area contributed by atoms with E-state index < -0.39 is 29.7 Å². The number of nitrogens with zero attached hydrogens (tertiary/aromatic N) is 3. The Morgan fingerprint density at radius 3 is 2.36 bits per heavy atom. The quantitative estimate of drug-likeness (QED) is 0.289. The molecule has 3 heterocycles. The van der Waals surface area contributed by atoms with Gasteiger partial charge in [0.05, 0.1) is 6.20 Å². The third kappa shape index (κ3) is 4.56. The molecule has 1 atom stereocenters. The van der Waals surface area contributed by atoms with Gasteiger partial charge in [0.15, 0.2) is 5.65 Å². The molecule has 0 spiro atoms. The van der Waals surface area contributed by atoms with E-state index >= 15 is 0 Å². The van der Waals surface area contributed by atoms with E-state index in [-0.39, 0.29) is 24.2 Å². The third-order valence-electron chi connectivity index (χ3n) is 7.02. The summed E-state index contributed by atoms with van der Waals surface area (Å²) in [6.07, 6.45) is 7.80. The first kappa shape index (κ1) is 22.7. The second-order valence-corrected chi connectivity index (χ2v) is 9.97. The monoisotopic (exact) mass is 500 g/mol. The topological polar surface area (TPSA) is 142 Å². The number of fused-ring (bicyclic) bond motifs is 1. The number of urea groups is 1. The number of imide groups is 1. The highest BCUT2D eigenvalue weighted by molar-refractivity contribution is 6.14. The van der Waals surface area contributed by atoms with Gasteiger partial charge in [0.2, 0.25) is 5.91 Å². The summed E-state index contributed by atoms with van der Waals surface area (Å²) in [4.78, 5) is 40.2. The maximum atomic E-state index is 13.2. The van der Waals surface area contributed by atoms with Crippen molar-refractivity contribution >= 4 is 41.2 Å². The zero-order valence-electron chi connectivity index (χ0n) is 19.3. The summed E-state index contributed by atoms with van der Waals surface area (Å²) in [5.74, 6) is -3.69. The number of hydrogen-bond donors (Lipinski definition) is 5. The number of hydrogen-bond acceptors (Lipinski definition) is 7. The molecule has 3 saturated carbocycles. The molecule has 1 unspecified atom stereocenters. The molecule has 0 radical (unpaired) electrons. The van der Waals surface area contributed by atoms with Crippen LogP contribution in [0.2, 0.25) is 0 Å². The fourth-order valence-electron chi connectivity index (χ4n) is 4.72. The molecule has 1 aliphatic heterocycles. The van der Waals surface area contributed by atoms with E-state index in [4.69, 9.17) is 4.98 Å². The van der Waals surface area contributed by atoms with Crippen LogP contribution in [0.25, 0.3) is 11.7 Å². The van der Waals surface area contributed by atoms with E-state index in [1.54, 1.807) is 10.7 Å². The molecule has 2 aromatic heterocycles. The second-order valence-electron chi connectivity index (χ2n) is 9.97. The van der Waals surface area contributed by atoms with Crippen molar-refractivity contribution in [2.24, 2.45) is 5.92 Å². The summed E-state index contributed by atoms with van der Waals surface area (Å²) in [7, 11) is 0. The van der Waals surface area contributed by atoms with Crippen molar-refractivity contribution in [2.45, 2.75) is 69.0 Å². The van der Waals surface area contributed by atoms with Gasteiger partial charge < -0.3 is 21.3 Å². The minimum Gasteiger partial charge on any atom is -0.367 e. The number of carbonyl (C=O) groups excluding carboxylic acids is 3. The summed E-state index contributed by atoms with van der Waals surface area (Å²) < 4.78 is 28.0. The molecule has 1 saturated heterocycles. The normalized spacial score (nSPS) is 28.1. The maximum absolute atomic E-state index is 13.2.